The van der Waals surface area contributed by atoms with Crippen LogP contribution in [-0.4, -0.2) is 19.5 Å². The number of allylic oxidation sites excluding steroid dienone is 1. The van der Waals surface area contributed by atoms with Gasteiger partial charge >= 0.3 is 0 Å². The predicted molar refractivity (Wildman–Crippen MR) is 70.1 cm³/mol. The maximum atomic E-state index is 5.24. The summed E-state index contributed by atoms with van der Waals surface area (Å²) < 4.78 is 11.3. The maximum absolute atomic E-state index is 5.24. The molecule has 0 radical (unpaired) electrons. The molecule has 1 aromatic carbocycles. The van der Waals surface area contributed by atoms with Crippen LogP contribution in [0.25, 0.3) is 6.08 Å². The second-order valence-corrected chi connectivity index (χ2v) is 4.24. The molecule has 0 bridgehead atoms. The Morgan fingerprint density at radius 2 is 1.73 bits per heavy atom. The van der Waals surface area contributed by atoms with Gasteiger partial charge in [0.05, 0.1) is 14.2 Å². The van der Waals surface area contributed by atoms with E-state index in [-0.39, 0.29) is 0 Å². The van der Waals surface area contributed by atoms with Crippen LogP contribution >= 0.6 is 31.9 Å². The van der Waals surface area contributed by atoms with E-state index in [1.807, 2.05) is 24.3 Å². The van der Waals surface area contributed by atoms with Crippen molar-refractivity contribution in [3.05, 3.63) is 28.2 Å². The number of alkyl halides is 1. The summed E-state index contributed by atoms with van der Waals surface area (Å²) in [5.41, 5.74) is 1.05. The predicted octanol–water partition coefficient (Wildman–Crippen LogP) is 3.87. The maximum Gasteiger partial charge on any atom is 0.137 e. The van der Waals surface area contributed by atoms with Gasteiger partial charge < -0.3 is 9.47 Å². The zero-order valence-electron chi connectivity index (χ0n) is 8.59. The summed E-state index contributed by atoms with van der Waals surface area (Å²) in [4.78, 5) is 0. The molecule has 0 atom stereocenters. The van der Waals surface area contributed by atoms with Crippen molar-refractivity contribution < 1.29 is 9.47 Å². The van der Waals surface area contributed by atoms with Crippen molar-refractivity contribution in [2.75, 3.05) is 19.5 Å². The fourth-order valence-electron chi connectivity index (χ4n) is 1.17. The minimum absolute atomic E-state index is 0.767. The van der Waals surface area contributed by atoms with E-state index in [1.54, 1.807) is 14.2 Å². The van der Waals surface area contributed by atoms with Gasteiger partial charge in [-0.2, -0.15) is 0 Å². The summed E-state index contributed by atoms with van der Waals surface area (Å²) >= 11 is 6.75. The minimum atomic E-state index is 0.767. The number of hydrogen-bond donors (Lipinski definition) is 0. The molecule has 0 heterocycles. The van der Waals surface area contributed by atoms with Crippen LogP contribution in [0.5, 0.6) is 11.5 Å². The zero-order valence-corrected chi connectivity index (χ0v) is 11.8. The fourth-order valence-corrected chi connectivity index (χ4v) is 1.91. The van der Waals surface area contributed by atoms with Crippen LogP contribution in [0.4, 0.5) is 0 Å². The first-order valence-electron chi connectivity index (χ1n) is 4.37. The Hall–Kier alpha value is -0.480. The summed E-state index contributed by atoms with van der Waals surface area (Å²) in [6, 6.07) is 3.90. The number of halogens is 2. The highest BCUT2D eigenvalue weighted by Gasteiger charge is 2.08. The molecule has 0 saturated heterocycles. The minimum Gasteiger partial charge on any atom is -0.495 e. The van der Waals surface area contributed by atoms with Crippen molar-refractivity contribution in [2.45, 2.75) is 0 Å². The van der Waals surface area contributed by atoms with Gasteiger partial charge in [0.25, 0.3) is 0 Å². The van der Waals surface area contributed by atoms with Gasteiger partial charge in [0, 0.05) is 5.33 Å². The molecule has 4 heteroatoms. The number of ether oxygens (including phenoxy) is 2. The average molecular weight is 336 g/mol. The standard InChI is InChI=1S/C11H12Br2O2/c1-14-9-6-8(4-3-5-12)7-10(15-2)11(9)13/h3-4,6-7H,5H2,1-2H3. The fraction of sp³-hybridized carbons (Fsp3) is 0.273. The molecule has 0 spiro atoms. The third kappa shape index (κ3) is 3.24. The lowest BCUT2D eigenvalue weighted by molar-refractivity contribution is 0.389. The lowest BCUT2D eigenvalue weighted by Crippen LogP contribution is -1.90. The Labute approximate surface area is 107 Å². The van der Waals surface area contributed by atoms with Gasteiger partial charge in [-0.15, -0.1) is 0 Å². The average Bonchev–Trinajstić information content (AvgIpc) is 2.27. The van der Waals surface area contributed by atoms with Crippen LogP contribution in [0.3, 0.4) is 0 Å². The van der Waals surface area contributed by atoms with Gasteiger partial charge in [0.15, 0.2) is 0 Å². The summed E-state index contributed by atoms with van der Waals surface area (Å²) in [5.74, 6) is 1.53. The smallest absolute Gasteiger partial charge is 0.137 e. The molecule has 82 valence electrons. The van der Waals surface area contributed by atoms with Gasteiger partial charge in [-0.05, 0) is 33.6 Å². The van der Waals surface area contributed by atoms with E-state index in [0.29, 0.717) is 0 Å². The number of methoxy groups -OCH3 is 2. The van der Waals surface area contributed by atoms with E-state index in [2.05, 4.69) is 31.9 Å². The van der Waals surface area contributed by atoms with Gasteiger partial charge in [0.1, 0.15) is 16.0 Å². The van der Waals surface area contributed by atoms with E-state index >= 15 is 0 Å². The molecular formula is C11H12Br2O2. The van der Waals surface area contributed by atoms with E-state index in [9.17, 15) is 0 Å². The second kappa shape index (κ2) is 6.18. The van der Waals surface area contributed by atoms with Crippen molar-refractivity contribution in [1.29, 1.82) is 0 Å². The highest BCUT2D eigenvalue weighted by Crippen LogP contribution is 2.35. The molecule has 0 saturated carbocycles. The summed E-state index contributed by atoms with van der Waals surface area (Å²) in [6.45, 7) is 0. The third-order valence-corrected chi connectivity index (χ3v) is 3.02. The van der Waals surface area contributed by atoms with Crippen molar-refractivity contribution in [2.24, 2.45) is 0 Å². The lowest BCUT2D eigenvalue weighted by Gasteiger charge is -2.09. The highest BCUT2D eigenvalue weighted by molar-refractivity contribution is 9.10. The van der Waals surface area contributed by atoms with Crippen LogP contribution < -0.4 is 9.47 Å². The molecule has 0 unspecified atom stereocenters. The largest absolute Gasteiger partial charge is 0.495 e. The van der Waals surface area contributed by atoms with Crippen molar-refractivity contribution in [3.63, 3.8) is 0 Å². The number of benzene rings is 1. The second-order valence-electron chi connectivity index (χ2n) is 2.80. The zero-order chi connectivity index (χ0) is 11.3. The van der Waals surface area contributed by atoms with Crippen LogP contribution in [-0.2, 0) is 0 Å². The van der Waals surface area contributed by atoms with E-state index in [1.165, 1.54) is 0 Å². The number of rotatable bonds is 4. The molecule has 0 N–H and O–H groups in total. The van der Waals surface area contributed by atoms with Gasteiger partial charge in [-0.3, -0.25) is 0 Å². The van der Waals surface area contributed by atoms with Gasteiger partial charge in [0.2, 0.25) is 0 Å². The SMILES string of the molecule is COc1cc(C=CCBr)cc(OC)c1Br. The Morgan fingerprint density at radius 3 is 2.13 bits per heavy atom. The highest BCUT2D eigenvalue weighted by atomic mass is 79.9. The summed E-state index contributed by atoms with van der Waals surface area (Å²) in [5, 5.41) is 0.827. The molecule has 0 fully saturated rings. The Bertz CT molecular complexity index is 337. The third-order valence-electron chi connectivity index (χ3n) is 1.87. The van der Waals surface area contributed by atoms with Crippen molar-refractivity contribution >= 4 is 37.9 Å². The van der Waals surface area contributed by atoms with Crippen molar-refractivity contribution in [3.8, 4) is 11.5 Å². The first-order chi connectivity index (χ1) is 7.22. The summed E-state index contributed by atoms with van der Waals surface area (Å²) in [7, 11) is 3.27. The number of hydrogen-bond acceptors (Lipinski definition) is 2. The molecule has 1 aromatic rings. The lowest BCUT2D eigenvalue weighted by atomic mass is 10.2. The van der Waals surface area contributed by atoms with Gasteiger partial charge in [-0.25, -0.2) is 0 Å². The normalized spacial score (nSPS) is 10.7. The van der Waals surface area contributed by atoms with Crippen LogP contribution in [0.1, 0.15) is 5.56 Å². The molecule has 0 aromatic heterocycles. The molecule has 2 nitrogen and oxygen atoms in total. The monoisotopic (exact) mass is 334 g/mol. The Balaban J connectivity index is 3.14. The van der Waals surface area contributed by atoms with Gasteiger partial charge in [-0.1, -0.05) is 28.1 Å². The van der Waals surface area contributed by atoms with E-state index in [0.717, 1.165) is 26.9 Å². The molecule has 0 aliphatic rings. The van der Waals surface area contributed by atoms with E-state index in [4.69, 9.17) is 9.47 Å². The summed E-state index contributed by atoms with van der Waals surface area (Å²) in [6.07, 6.45) is 4.02. The van der Waals surface area contributed by atoms with Crippen LogP contribution in [0.2, 0.25) is 0 Å². The Morgan fingerprint density at radius 1 is 1.20 bits per heavy atom. The molecule has 0 aliphatic heterocycles. The molecule has 0 aliphatic carbocycles. The quantitative estimate of drug-likeness (QED) is 0.777. The first-order valence-corrected chi connectivity index (χ1v) is 6.28. The molecule has 15 heavy (non-hydrogen) atoms. The Kier molecular flexibility index (Phi) is 5.19. The van der Waals surface area contributed by atoms with E-state index < -0.39 is 0 Å². The van der Waals surface area contributed by atoms with Crippen LogP contribution in [0.15, 0.2) is 22.7 Å². The molecule has 1 rings (SSSR count). The molecular weight excluding hydrogens is 324 g/mol. The topological polar surface area (TPSA) is 18.5 Å². The first kappa shape index (κ1) is 12.6. The van der Waals surface area contributed by atoms with Crippen LogP contribution in [0, 0.1) is 0 Å². The van der Waals surface area contributed by atoms with Crippen molar-refractivity contribution in [1.82, 2.24) is 0 Å². The molecule has 0 amide bonds.